The molecule has 0 saturated carbocycles. The van der Waals surface area contributed by atoms with E-state index in [-0.39, 0.29) is 24.7 Å². The topological polar surface area (TPSA) is 58.6 Å². The van der Waals surface area contributed by atoms with Crippen molar-refractivity contribution in [3.8, 4) is 0 Å². The average molecular weight is 454 g/mol. The Morgan fingerprint density at radius 2 is 1.70 bits per heavy atom. The van der Waals surface area contributed by atoms with Crippen LogP contribution in [0.15, 0.2) is 66.7 Å². The first-order chi connectivity index (χ1) is 15.9. The molecule has 1 aliphatic heterocycles. The van der Waals surface area contributed by atoms with Gasteiger partial charge in [0, 0.05) is 25.3 Å². The number of hydrogen-bond acceptors (Lipinski definition) is 3. The molecular weight excluding hydrogens is 433 g/mol. The first-order valence-corrected chi connectivity index (χ1v) is 10.3. The molecule has 4 rings (SSSR count). The van der Waals surface area contributed by atoms with Crippen molar-refractivity contribution >= 4 is 17.5 Å². The maximum Gasteiger partial charge on any atom is 0.254 e. The SMILES string of the molecule is COCCN1C(=O)c2ccccc2C(C(=O)Nc2ccc(F)cc2F)C1c1ccc(F)cc1. The van der Waals surface area contributed by atoms with Gasteiger partial charge in [0.15, 0.2) is 0 Å². The minimum absolute atomic E-state index is 0.181. The molecule has 33 heavy (non-hydrogen) atoms. The Hall–Kier alpha value is -3.65. The quantitative estimate of drug-likeness (QED) is 0.589. The molecule has 1 aliphatic rings. The van der Waals surface area contributed by atoms with Crippen molar-refractivity contribution in [2.24, 2.45) is 0 Å². The number of fused-ring (bicyclic) bond motifs is 1. The highest BCUT2D eigenvalue weighted by molar-refractivity contribution is 6.04. The smallest absolute Gasteiger partial charge is 0.254 e. The lowest BCUT2D eigenvalue weighted by atomic mass is 9.79. The van der Waals surface area contributed by atoms with E-state index >= 15 is 0 Å². The standard InChI is InChI=1S/C25H21F3N2O3/c1-33-13-12-30-23(15-6-8-16(26)9-7-15)22(18-4-2-3-5-19(18)25(30)32)24(31)29-21-11-10-17(27)14-20(21)28/h2-11,14,22-23H,12-13H2,1H3,(H,29,31). The second-order valence-electron chi connectivity index (χ2n) is 7.67. The van der Waals surface area contributed by atoms with Crippen LogP contribution in [0.2, 0.25) is 0 Å². The normalized spacial score (nSPS) is 17.6. The molecule has 2 atom stereocenters. The summed E-state index contributed by atoms with van der Waals surface area (Å²) in [6, 6.07) is 14.3. The van der Waals surface area contributed by atoms with E-state index in [4.69, 9.17) is 4.74 Å². The molecule has 3 aromatic carbocycles. The zero-order valence-corrected chi connectivity index (χ0v) is 17.7. The van der Waals surface area contributed by atoms with Gasteiger partial charge in [0.1, 0.15) is 17.5 Å². The maximum absolute atomic E-state index is 14.3. The number of anilines is 1. The molecule has 170 valence electrons. The number of carbonyl (C=O) groups excluding carboxylic acids is 2. The van der Waals surface area contributed by atoms with E-state index in [9.17, 15) is 22.8 Å². The van der Waals surface area contributed by atoms with Crippen LogP contribution in [0.5, 0.6) is 0 Å². The summed E-state index contributed by atoms with van der Waals surface area (Å²) in [6.07, 6.45) is 0. The molecule has 8 heteroatoms. The van der Waals surface area contributed by atoms with Gasteiger partial charge in [-0.3, -0.25) is 9.59 Å². The number of ether oxygens (including phenoxy) is 1. The zero-order valence-electron chi connectivity index (χ0n) is 17.7. The zero-order chi connectivity index (χ0) is 23.5. The van der Waals surface area contributed by atoms with Gasteiger partial charge in [0.25, 0.3) is 5.91 Å². The van der Waals surface area contributed by atoms with Crippen molar-refractivity contribution in [3.63, 3.8) is 0 Å². The van der Waals surface area contributed by atoms with E-state index in [1.54, 1.807) is 24.3 Å². The van der Waals surface area contributed by atoms with Crippen LogP contribution in [0.3, 0.4) is 0 Å². The van der Waals surface area contributed by atoms with Gasteiger partial charge in [0.05, 0.1) is 24.3 Å². The van der Waals surface area contributed by atoms with E-state index in [0.717, 1.165) is 12.1 Å². The summed E-state index contributed by atoms with van der Waals surface area (Å²) >= 11 is 0. The van der Waals surface area contributed by atoms with Gasteiger partial charge in [0.2, 0.25) is 5.91 Å². The molecule has 0 spiro atoms. The molecule has 0 aliphatic carbocycles. The van der Waals surface area contributed by atoms with E-state index in [0.29, 0.717) is 22.8 Å². The molecule has 2 unspecified atom stereocenters. The number of halogens is 3. The van der Waals surface area contributed by atoms with Gasteiger partial charge in [-0.2, -0.15) is 0 Å². The Balaban J connectivity index is 1.83. The minimum Gasteiger partial charge on any atom is -0.383 e. The fourth-order valence-electron chi connectivity index (χ4n) is 4.14. The fourth-order valence-corrected chi connectivity index (χ4v) is 4.14. The number of hydrogen-bond donors (Lipinski definition) is 1. The number of rotatable bonds is 6. The Labute approximate surface area is 188 Å². The summed E-state index contributed by atoms with van der Waals surface area (Å²) in [7, 11) is 1.50. The first-order valence-electron chi connectivity index (χ1n) is 10.3. The summed E-state index contributed by atoms with van der Waals surface area (Å²) in [4.78, 5) is 28.4. The molecule has 2 amide bonds. The van der Waals surface area contributed by atoms with Crippen molar-refractivity contribution < 1.29 is 27.5 Å². The largest absolute Gasteiger partial charge is 0.383 e. The Morgan fingerprint density at radius 1 is 1.00 bits per heavy atom. The van der Waals surface area contributed by atoms with E-state index in [1.165, 1.54) is 36.3 Å². The Kier molecular flexibility index (Phi) is 6.46. The lowest BCUT2D eigenvalue weighted by Gasteiger charge is -2.41. The van der Waals surface area contributed by atoms with Gasteiger partial charge in [-0.25, -0.2) is 13.2 Å². The van der Waals surface area contributed by atoms with Crippen molar-refractivity contribution in [1.29, 1.82) is 0 Å². The number of amides is 2. The van der Waals surface area contributed by atoms with Crippen molar-refractivity contribution in [2.45, 2.75) is 12.0 Å². The monoisotopic (exact) mass is 454 g/mol. The summed E-state index contributed by atoms with van der Waals surface area (Å²) in [5.41, 5.74) is 1.16. The first kappa shape index (κ1) is 22.5. The summed E-state index contributed by atoms with van der Waals surface area (Å²) < 4.78 is 46.4. The number of benzene rings is 3. The highest BCUT2D eigenvalue weighted by atomic mass is 19.1. The lowest BCUT2D eigenvalue weighted by molar-refractivity contribution is -0.119. The summed E-state index contributed by atoms with van der Waals surface area (Å²) in [5, 5.41) is 2.53. The number of carbonyl (C=O) groups is 2. The number of nitrogens with one attached hydrogen (secondary N) is 1. The molecule has 0 saturated heterocycles. The molecule has 0 bridgehead atoms. The van der Waals surface area contributed by atoms with Crippen molar-refractivity contribution in [2.75, 3.05) is 25.6 Å². The van der Waals surface area contributed by atoms with E-state index in [2.05, 4.69) is 5.32 Å². The number of nitrogens with zero attached hydrogens (tertiary/aromatic N) is 1. The third-order valence-electron chi connectivity index (χ3n) is 5.66. The molecule has 3 aromatic rings. The van der Waals surface area contributed by atoms with Crippen LogP contribution in [0, 0.1) is 17.5 Å². The minimum atomic E-state index is -0.939. The molecular formula is C25H21F3N2O3. The fraction of sp³-hybridized carbons (Fsp3) is 0.200. The van der Waals surface area contributed by atoms with Gasteiger partial charge >= 0.3 is 0 Å². The van der Waals surface area contributed by atoms with E-state index in [1.807, 2.05) is 0 Å². The van der Waals surface area contributed by atoms with Crippen molar-refractivity contribution in [3.05, 3.63) is 101 Å². The van der Waals surface area contributed by atoms with Crippen LogP contribution < -0.4 is 5.32 Å². The van der Waals surface area contributed by atoms with Crippen LogP contribution in [0.25, 0.3) is 0 Å². The molecule has 1 heterocycles. The molecule has 0 radical (unpaired) electrons. The van der Waals surface area contributed by atoms with Gasteiger partial charge < -0.3 is 15.0 Å². The predicted molar refractivity (Wildman–Crippen MR) is 116 cm³/mol. The Morgan fingerprint density at radius 3 is 2.39 bits per heavy atom. The Bertz CT molecular complexity index is 1180. The van der Waals surface area contributed by atoms with Crippen LogP contribution in [-0.4, -0.2) is 37.0 Å². The van der Waals surface area contributed by atoms with Gasteiger partial charge in [-0.05, 0) is 41.5 Å². The van der Waals surface area contributed by atoms with Crippen molar-refractivity contribution in [1.82, 2.24) is 4.90 Å². The summed E-state index contributed by atoms with van der Waals surface area (Å²) in [6.45, 7) is 0.396. The molecule has 1 N–H and O–H groups in total. The van der Waals surface area contributed by atoms with Crippen LogP contribution in [0.4, 0.5) is 18.9 Å². The molecule has 0 aromatic heterocycles. The highest BCUT2D eigenvalue weighted by Crippen LogP contribution is 2.43. The third kappa shape index (κ3) is 4.47. The molecule has 0 fully saturated rings. The van der Waals surface area contributed by atoms with E-state index < -0.39 is 35.3 Å². The highest BCUT2D eigenvalue weighted by Gasteiger charge is 2.44. The number of methoxy groups -OCH3 is 1. The average Bonchev–Trinajstić information content (AvgIpc) is 2.80. The van der Waals surface area contributed by atoms with Gasteiger partial charge in [-0.15, -0.1) is 0 Å². The summed E-state index contributed by atoms with van der Waals surface area (Å²) in [5.74, 6) is -3.97. The third-order valence-corrected chi connectivity index (χ3v) is 5.66. The van der Waals surface area contributed by atoms with Crippen LogP contribution in [0.1, 0.15) is 33.4 Å². The van der Waals surface area contributed by atoms with Crippen LogP contribution >= 0.6 is 0 Å². The molecule has 5 nitrogen and oxygen atoms in total. The lowest BCUT2D eigenvalue weighted by Crippen LogP contribution is -2.47. The maximum atomic E-state index is 14.3. The second kappa shape index (κ2) is 9.46. The van der Waals surface area contributed by atoms with Crippen LogP contribution in [-0.2, 0) is 9.53 Å². The predicted octanol–water partition coefficient (Wildman–Crippen LogP) is 4.67. The van der Waals surface area contributed by atoms with Gasteiger partial charge in [-0.1, -0.05) is 30.3 Å². The second-order valence-corrected chi connectivity index (χ2v) is 7.67.